The normalized spacial score (nSPS) is 11.2. The van der Waals surface area contributed by atoms with Crippen LogP contribution in [0.25, 0.3) is 20.4 Å². The number of hydrogen-bond acceptors (Lipinski definition) is 11. The number of rotatable bonds is 8. The maximum atomic E-state index is 13.7. The Morgan fingerprint density at radius 2 is 1.02 bits per heavy atom. The summed E-state index contributed by atoms with van der Waals surface area (Å²) in [5.74, 6) is -1.81. The third kappa shape index (κ3) is 5.74. The molecule has 0 N–H and O–H groups in total. The fourth-order valence-electron chi connectivity index (χ4n) is 4.32. The summed E-state index contributed by atoms with van der Waals surface area (Å²) in [6.45, 7) is -0.615. The molecule has 15 heteroatoms. The molecular formula is C29H14Cl4N4O5S2. The van der Waals surface area contributed by atoms with Crippen molar-refractivity contribution in [3.05, 3.63) is 114 Å². The van der Waals surface area contributed by atoms with Gasteiger partial charge in [-0.05, 0) is 71.6 Å². The van der Waals surface area contributed by atoms with Crippen molar-refractivity contribution < 1.29 is 23.9 Å². The third-order valence-electron chi connectivity index (χ3n) is 6.55. The van der Waals surface area contributed by atoms with Crippen LogP contribution in [0.4, 0.5) is 0 Å². The zero-order valence-electron chi connectivity index (χ0n) is 21.8. The van der Waals surface area contributed by atoms with Crippen molar-refractivity contribution in [2.24, 2.45) is 0 Å². The van der Waals surface area contributed by atoms with Gasteiger partial charge < -0.3 is 9.47 Å². The molecule has 0 saturated carbocycles. The predicted molar refractivity (Wildman–Crippen MR) is 169 cm³/mol. The number of fused-ring (bicyclic) bond motifs is 2. The highest BCUT2D eigenvalue weighted by molar-refractivity contribution is 7.13. The molecule has 0 fully saturated rings. The van der Waals surface area contributed by atoms with E-state index in [9.17, 15) is 14.4 Å². The number of ketones is 1. The molecule has 0 aliphatic heterocycles. The van der Waals surface area contributed by atoms with Crippen LogP contribution in [-0.2, 0) is 22.7 Å². The standard InChI is InChI=1S/C29H14Cl4N4O5S2/c30-19-9-7-13(23(32)17(19)11-41-28(39)15-3-1-5-21-26(15)43-36-34-21)25(38)14-8-10-20(31)18(24(14)33)12-42-29(40)16-4-2-6-22-27(16)44-37-35-22/h1-10H,11-12H2. The summed E-state index contributed by atoms with van der Waals surface area (Å²) >= 11 is 28.2. The van der Waals surface area contributed by atoms with Gasteiger partial charge in [0.05, 0.1) is 30.6 Å². The molecule has 6 rings (SSSR count). The Bertz CT molecular complexity index is 1970. The van der Waals surface area contributed by atoms with Gasteiger partial charge in [-0.1, -0.05) is 67.5 Å². The van der Waals surface area contributed by atoms with Crippen molar-refractivity contribution in [2.45, 2.75) is 13.2 Å². The van der Waals surface area contributed by atoms with Gasteiger partial charge in [0.15, 0.2) is 5.78 Å². The van der Waals surface area contributed by atoms with E-state index in [1.54, 1.807) is 36.4 Å². The first-order valence-corrected chi connectivity index (χ1v) is 15.5. The molecule has 0 unspecified atom stereocenters. The highest BCUT2D eigenvalue weighted by atomic mass is 35.5. The summed E-state index contributed by atoms with van der Waals surface area (Å²) in [7, 11) is 0. The summed E-state index contributed by atoms with van der Waals surface area (Å²) in [6, 6.07) is 15.8. The van der Waals surface area contributed by atoms with Crippen LogP contribution in [0.5, 0.6) is 0 Å². The average Bonchev–Trinajstić information content (AvgIpc) is 3.70. The Morgan fingerprint density at radius 3 is 1.45 bits per heavy atom. The highest BCUT2D eigenvalue weighted by Crippen LogP contribution is 2.35. The van der Waals surface area contributed by atoms with E-state index < -0.39 is 17.7 Å². The van der Waals surface area contributed by atoms with Gasteiger partial charge in [0, 0.05) is 32.3 Å². The van der Waals surface area contributed by atoms with Crippen molar-refractivity contribution in [3.8, 4) is 0 Å². The van der Waals surface area contributed by atoms with Gasteiger partial charge in [0.1, 0.15) is 24.2 Å². The molecule has 0 aliphatic carbocycles. The smallest absolute Gasteiger partial charge is 0.340 e. The number of hydrogen-bond donors (Lipinski definition) is 0. The third-order valence-corrected chi connectivity index (χ3v) is 9.67. The summed E-state index contributed by atoms with van der Waals surface area (Å²) in [5, 5.41) is 8.28. The number of nitrogens with zero attached hydrogens (tertiary/aromatic N) is 4. The van der Waals surface area contributed by atoms with E-state index >= 15 is 0 Å². The van der Waals surface area contributed by atoms with Crippen LogP contribution in [0.2, 0.25) is 20.1 Å². The molecule has 220 valence electrons. The van der Waals surface area contributed by atoms with Gasteiger partial charge in [0.25, 0.3) is 0 Å². The quantitative estimate of drug-likeness (QED) is 0.114. The van der Waals surface area contributed by atoms with Crippen molar-refractivity contribution in [1.82, 2.24) is 19.2 Å². The number of carbonyl (C=O) groups excluding carboxylic acids is 3. The van der Waals surface area contributed by atoms with E-state index in [1.165, 1.54) is 24.3 Å². The second-order valence-electron chi connectivity index (χ2n) is 9.11. The van der Waals surface area contributed by atoms with Crippen molar-refractivity contribution in [3.63, 3.8) is 0 Å². The Balaban J connectivity index is 1.23. The van der Waals surface area contributed by atoms with Gasteiger partial charge in [-0.25, -0.2) is 9.59 Å². The van der Waals surface area contributed by atoms with Crippen LogP contribution >= 0.6 is 69.5 Å². The number of benzene rings is 4. The zero-order chi connectivity index (χ0) is 31.0. The van der Waals surface area contributed by atoms with Crippen molar-refractivity contribution in [1.29, 1.82) is 0 Å². The molecule has 0 amide bonds. The summed E-state index contributed by atoms with van der Waals surface area (Å²) in [4.78, 5) is 39.4. The second kappa shape index (κ2) is 12.7. The summed E-state index contributed by atoms with van der Waals surface area (Å²) < 4.78 is 19.9. The monoisotopic (exact) mass is 702 g/mol. The highest BCUT2D eigenvalue weighted by Gasteiger charge is 2.24. The first kappa shape index (κ1) is 30.3. The van der Waals surface area contributed by atoms with E-state index in [1.807, 2.05) is 0 Å². The maximum Gasteiger partial charge on any atom is 0.340 e. The largest absolute Gasteiger partial charge is 0.457 e. The summed E-state index contributed by atoms with van der Waals surface area (Å²) in [5.41, 5.74) is 2.30. The molecule has 0 bridgehead atoms. The number of aromatic nitrogens is 4. The fraction of sp³-hybridized carbons (Fsp3) is 0.0690. The lowest BCUT2D eigenvalue weighted by molar-refractivity contribution is 0.0467. The van der Waals surface area contributed by atoms with E-state index in [2.05, 4.69) is 19.2 Å². The van der Waals surface area contributed by atoms with Gasteiger partial charge >= 0.3 is 11.9 Å². The average molecular weight is 704 g/mol. The molecule has 44 heavy (non-hydrogen) atoms. The SMILES string of the molecule is O=C(c1ccc(Cl)c(COC(=O)c2cccc3nnsc23)c1Cl)c1ccc(Cl)c(COC(=O)c2cccc3nnsc23)c1Cl. The molecule has 4 aromatic carbocycles. The lowest BCUT2D eigenvalue weighted by atomic mass is 9.99. The van der Waals surface area contributed by atoms with E-state index in [0.717, 1.165) is 23.1 Å². The topological polar surface area (TPSA) is 121 Å². The zero-order valence-corrected chi connectivity index (χ0v) is 26.5. The molecule has 9 nitrogen and oxygen atoms in total. The van der Waals surface area contributed by atoms with Crippen LogP contribution < -0.4 is 0 Å². The second-order valence-corrected chi connectivity index (χ2v) is 12.2. The molecule has 0 aliphatic rings. The van der Waals surface area contributed by atoms with Crippen LogP contribution in [-0.4, -0.2) is 36.9 Å². The molecule has 6 aromatic rings. The predicted octanol–water partition coefficient (Wildman–Crippen LogP) is 8.25. The molecule has 0 radical (unpaired) electrons. The van der Waals surface area contributed by atoms with Gasteiger partial charge in [0.2, 0.25) is 0 Å². The lowest BCUT2D eigenvalue weighted by Gasteiger charge is -2.15. The van der Waals surface area contributed by atoms with Gasteiger partial charge in [-0.3, -0.25) is 4.79 Å². The van der Waals surface area contributed by atoms with Crippen molar-refractivity contribution >= 4 is 108 Å². The lowest BCUT2D eigenvalue weighted by Crippen LogP contribution is -2.10. The molecule has 0 spiro atoms. The van der Waals surface area contributed by atoms with Crippen LogP contribution in [0.3, 0.4) is 0 Å². The minimum absolute atomic E-state index is 0.0155. The first-order valence-electron chi connectivity index (χ1n) is 12.5. The Labute approximate surface area is 276 Å². The minimum Gasteiger partial charge on any atom is -0.457 e. The van der Waals surface area contributed by atoms with Gasteiger partial charge in [-0.2, -0.15) is 0 Å². The number of halogens is 4. The van der Waals surface area contributed by atoms with E-state index in [-0.39, 0.29) is 55.6 Å². The number of ether oxygens (including phenoxy) is 2. The van der Waals surface area contributed by atoms with Crippen LogP contribution in [0.1, 0.15) is 47.8 Å². The molecule has 0 atom stereocenters. The van der Waals surface area contributed by atoms with Crippen LogP contribution in [0, 0.1) is 0 Å². The Kier molecular flexibility index (Phi) is 8.77. The van der Waals surface area contributed by atoms with E-state index in [0.29, 0.717) is 31.6 Å². The molecule has 2 heterocycles. The van der Waals surface area contributed by atoms with Crippen LogP contribution in [0.15, 0.2) is 60.7 Å². The Hall–Kier alpha value is -3.71. The van der Waals surface area contributed by atoms with Gasteiger partial charge in [-0.15, -0.1) is 10.2 Å². The molecule has 2 aromatic heterocycles. The first-order chi connectivity index (χ1) is 21.2. The molecule has 0 saturated heterocycles. The Morgan fingerprint density at radius 1 is 0.591 bits per heavy atom. The number of esters is 2. The van der Waals surface area contributed by atoms with Crippen molar-refractivity contribution in [2.75, 3.05) is 0 Å². The maximum absolute atomic E-state index is 13.7. The number of carbonyl (C=O) groups is 3. The molecular weight excluding hydrogens is 690 g/mol. The fourth-order valence-corrected chi connectivity index (χ4v) is 6.77. The van der Waals surface area contributed by atoms with E-state index in [4.69, 9.17) is 55.9 Å². The minimum atomic E-state index is -0.631. The summed E-state index contributed by atoms with van der Waals surface area (Å²) in [6.07, 6.45) is 0.